The fraction of sp³-hybridized carbons (Fsp3) is 0.533. The molecule has 0 bridgehead atoms. The second kappa shape index (κ2) is 6.58. The largest absolute Gasteiger partial charge is 0.325 e. The smallest absolute Gasteiger partial charge is 0.242 e. The monoisotopic (exact) mass is 310 g/mol. The number of carbonyl (C=O) groups excluding carboxylic acids is 1. The van der Waals surface area contributed by atoms with Crippen LogP contribution in [0.2, 0.25) is 0 Å². The van der Waals surface area contributed by atoms with Crippen LogP contribution in [0.15, 0.2) is 24.3 Å². The van der Waals surface area contributed by atoms with E-state index in [1.807, 2.05) is 26.1 Å². The first kappa shape index (κ1) is 16.0. The van der Waals surface area contributed by atoms with E-state index in [1.54, 1.807) is 12.1 Å². The molecule has 2 N–H and O–H groups in total. The first-order valence-electron chi connectivity index (χ1n) is 7.23. The number of rotatable bonds is 4. The Morgan fingerprint density at radius 2 is 1.90 bits per heavy atom. The van der Waals surface area contributed by atoms with Gasteiger partial charge in [0, 0.05) is 11.7 Å². The molecule has 0 aromatic heterocycles. The van der Waals surface area contributed by atoms with Crippen molar-refractivity contribution in [3.63, 3.8) is 0 Å². The first-order valence-corrected chi connectivity index (χ1v) is 8.95. The van der Waals surface area contributed by atoms with E-state index >= 15 is 0 Å². The third-order valence-corrected chi connectivity index (χ3v) is 6.16. The van der Waals surface area contributed by atoms with E-state index in [1.165, 1.54) is 0 Å². The zero-order valence-corrected chi connectivity index (χ0v) is 13.2. The number of hydrogen-bond acceptors (Lipinski definition) is 4. The molecule has 21 heavy (non-hydrogen) atoms. The van der Waals surface area contributed by atoms with E-state index in [9.17, 15) is 13.2 Å². The minimum atomic E-state index is -3.29. The minimum absolute atomic E-state index is 0.115. The van der Waals surface area contributed by atoms with Gasteiger partial charge in [0.15, 0.2) is 9.84 Å². The minimum Gasteiger partial charge on any atom is -0.325 e. The second-order valence-corrected chi connectivity index (χ2v) is 7.78. The van der Waals surface area contributed by atoms with Crippen molar-refractivity contribution in [1.29, 1.82) is 0 Å². The van der Waals surface area contributed by atoms with Gasteiger partial charge in [0.1, 0.15) is 5.25 Å². The third-order valence-electron chi connectivity index (χ3n) is 3.98. The molecular weight excluding hydrogens is 288 g/mol. The number of amides is 1. The fourth-order valence-corrected chi connectivity index (χ4v) is 4.30. The summed E-state index contributed by atoms with van der Waals surface area (Å²) in [6, 6.07) is 7.68. The van der Waals surface area contributed by atoms with Crippen molar-refractivity contribution in [1.82, 2.24) is 5.32 Å². The molecule has 2 rings (SSSR count). The lowest BCUT2D eigenvalue weighted by Gasteiger charge is -2.21. The van der Waals surface area contributed by atoms with Crippen molar-refractivity contribution in [3.05, 3.63) is 29.8 Å². The molecule has 0 aliphatic carbocycles. The van der Waals surface area contributed by atoms with Crippen LogP contribution in [-0.4, -0.2) is 32.4 Å². The van der Waals surface area contributed by atoms with Crippen LogP contribution in [0, 0.1) is 0 Å². The third kappa shape index (κ3) is 3.83. The Hall–Kier alpha value is -1.40. The number of anilines is 1. The lowest BCUT2D eigenvalue weighted by molar-refractivity contribution is -0.116. The molecule has 6 heteroatoms. The first-order chi connectivity index (χ1) is 9.94. The predicted octanol–water partition coefficient (Wildman–Crippen LogP) is 1.87. The van der Waals surface area contributed by atoms with Gasteiger partial charge in [-0.25, -0.2) is 8.42 Å². The van der Waals surface area contributed by atoms with Crippen molar-refractivity contribution < 1.29 is 13.2 Å². The zero-order chi connectivity index (χ0) is 15.5. The van der Waals surface area contributed by atoms with Crippen LogP contribution in [0.25, 0.3) is 0 Å². The summed E-state index contributed by atoms with van der Waals surface area (Å²) in [5, 5.41) is 4.95. The highest BCUT2D eigenvalue weighted by Crippen LogP contribution is 2.22. The van der Waals surface area contributed by atoms with Gasteiger partial charge in [-0.2, -0.15) is 0 Å². The van der Waals surface area contributed by atoms with Crippen molar-refractivity contribution in [2.45, 2.75) is 37.5 Å². The van der Waals surface area contributed by atoms with Crippen LogP contribution < -0.4 is 10.6 Å². The molecule has 2 atom stereocenters. The lowest BCUT2D eigenvalue weighted by atomic mass is 10.1. The van der Waals surface area contributed by atoms with Crippen LogP contribution >= 0.6 is 0 Å². The van der Waals surface area contributed by atoms with Gasteiger partial charge in [-0.3, -0.25) is 4.79 Å². The van der Waals surface area contributed by atoms with E-state index in [0.717, 1.165) is 12.0 Å². The molecule has 0 radical (unpaired) electrons. The van der Waals surface area contributed by atoms with Gasteiger partial charge in [-0.05, 0) is 44.5 Å². The summed E-state index contributed by atoms with van der Waals surface area (Å²) in [5.41, 5.74) is 1.74. The molecule has 1 fully saturated rings. The molecule has 116 valence electrons. The van der Waals surface area contributed by atoms with E-state index in [0.29, 0.717) is 18.5 Å². The summed E-state index contributed by atoms with van der Waals surface area (Å²) in [5.74, 6) is -0.298. The topological polar surface area (TPSA) is 75.3 Å². The van der Waals surface area contributed by atoms with Crippen LogP contribution in [0.1, 0.15) is 37.8 Å². The summed E-state index contributed by atoms with van der Waals surface area (Å²) >= 11 is 0. The van der Waals surface area contributed by atoms with Crippen molar-refractivity contribution in [2.24, 2.45) is 0 Å². The van der Waals surface area contributed by atoms with Crippen molar-refractivity contribution in [2.75, 3.05) is 18.1 Å². The van der Waals surface area contributed by atoms with Gasteiger partial charge < -0.3 is 10.6 Å². The Labute approximate surface area is 126 Å². The SMILES string of the molecule is CNC(C)c1ccc(NC(=O)C2CCCCS2(=O)=O)cc1. The quantitative estimate of drug-likeness (QED) is 0.890. The maximum atomic E-state index is 12.2. The molecular formula is C15H22N2O3S. The van der Waals surface area contributed by atoms with Crippen LogP contribution in [-0.2, 0) is 14.6 Å². The standard InChI is InChI=1S/C15H22N2O3S/c1-11(16-2)12-6-8-13(9-7-12)17-15(18)14-5-3-4-10-21(14,19)20/h6-9,11,14,16H,3-5,10H2,1-2H3,(H,17,18). The Morgan fingerprint density at radius 3 is 2.48 bits per heavy atom. The molecule has 1 saturated heterocycles. The normalized spacial score (nSPS) is 22.5. The molecule has 1 aliphatic heterocycles. The molecule has 1 amide bonds. The second-order valence-electron chi connectivity index (χ2n) is 5.47. The van der Waals surface area contributed by atoms with Crippen LogP contribution in [0.5, 0.6) is 0 Å². The highest BCUT2D eigenvalue weighted by molar-refractivity contribution is 7.92. The zero-order valence-electron chi connectivity index (χ0n) is 12.4. The van der Waals surface area contributed by atoms with Gasteiger partial charge in [0.25, 0.3) is 0 Å². The summed E-state index contributed by atoms with van der Waals surface area (Å²) < 4.78 is 23.9. The van der Waals surface area contributed by atoms with Crippen LogP contribution in [0.3, 0.4) is 0 Å². The number of nitrogens with one attached hydrogen (secondary N) is 2. The summed E-state index contributed by atoms with van der Waals surface area (Å²) in [6.45, 7) is 2.04. The van der Waals surface area contributed by atoms with E-state index in [2.05, 4.69) is 10.6 Å². The number of carbonyl (C=O) groups is 1. The molecule has 0 spiro atoms. The Bertz CT molecular complexity index is 596. The van der Waals surface area contributed by atoms with Crippen LogP contribution in [0.4, 0.5) is 5.69 Å². The molecule has 0 saturated carbocycles. The Kier molecular flexibility index (Phi) is 5.00. The number of hydrogen-bond donors (Lipinski definition) is 2. The fourth-order valence-electron chi connectivity index (χ4n) is 2.49. The lowest BCUT2D eigenvalue weighted by Crippen LogP contribution is -2.39. The highest BCUT2D eigenvalue weighted by Gasteiger charge is 2.34. The molecule has 1 heterocycles. The molecule has 1 aliphatic rings. The Balaban J connectivity index is 2.06. The van der Waals surface area contributed by atoms with Crippen molar-refractivity contribution in [3.8, 4) is 0 Å². The highest BCUT2D eigenvalue weighted by atomic mass is 32.2. The maximum Gasteiger partial charge on any atom is 0.242 e. The van der Waals surface area contributed by atoms with Gasteiger partial charge >= 0.3 is 0 Å². The van der Waals surface area contributed by atoms with Gasteiger partial charge in [0.05, 0.1) is 5.75 Å². The molecule has 1 aromatic carbocycles. The predicted molar refractivity (Wildman–Crippen MR) is 84.0 cm³/mol. The van der Waals surface area contributed by atoms with E-state index in [4.69, 9.17) is 0 Å². The molecule has 2 unspecified atom stereocenters. The van der Waals surface area contributed by atoms with E-state index in [-0.39, 0.29) is 11.8 Å². The molecule has 1 aromatic rings. The van der Waals surface area contributed by atoms with Crippen molar-refractivity contribution >= 4 is 21.4 Å². The summed E-state index contributed by atoms with van der Waals surface area (Å²) in [4.78, 5) is 12.2. The van der Waals surface area contributed by atoms with E-state index < -0.39 is 21.0 Å². The average molecular weight is 310 g/mol. The average Bonchev–Trinajstić information content (AvgIpc) is 2.46. The summed E-state index contributed by atoms with van der Waals surface area (Å²) in [7, 11) is -1.41. The summed E-state index contributed by atoms with van der Waals surface area (Å²) in [6.07, 6.45) is 1.86. The van der Waals surface area contributed by atoms with Gasteiger partial charge in [-0.15, -0.1) is 0 Å². The number of sulfone groups is 1. The van der Waals surface area contributed by atoms with Gasteiger partial charge in [-0.1, -0.05) is 18.6 Å². The maximum absolute atomic E-state index is 12.2. The number of benzene rings is 1. The molecule has 5 nitrogen and oxygen atoms in total. The Morgan fingerprint density at radius 1 is 1.24 bits per heavy atom. The van der Waals surface area contributed by atoms with Gasteiger partial charge in [0.2, 0.25) is 5.91 Å².